The molecule has 0 aromatic heterocycles. The molecule has 0 radical (unpaired) electrons. The lowest BCUT2D eigenvalue weighted by atomic mass is 9.97. The molecule has 0 unspecified atom stereocenters. The zero-order chi connectivity index (χ0) is 21.0. The van der Waals surface area contributed by atoms with Gasteiger partial charge in [-0.25, -0.2) is 0 Å². The van der Waals surface area contributed by atoms with Gasteiger partial charge in [0.15, 0.2) is 0 Å². The van der Waals surface area contributed by atoms with Crippen LogP contribution in [0.5, 0.6) is 11.5 Å². The van der Waals surface area contributed by atoms with E-state index in [4.69, 9.17) is 4.18 Å². The van der Waals surface area contributed by atoms with E-state index in [1.807, 2.05) is 0 Å². The number of rotatable bonds is 8. The van der Waals surface area contributed by atoms with Gasteiger partial charge in [-0.1, -0.05) is 18.2 Å². The lowest BCUT2D eigenvalue weighted by Crippen LogP contribution is -2.15. The van der Waals surface area contributed by atoms with Crippen LogP contribution >= 0.6 is 0 Å². The minimum atomic E-state index is -3.99. The van der Waals surface area contributed by atoms with E-state index in [-0.39, 0.29) is 28.6 Å². The van der Waals surface area contributed by atoms with E-state index in [0.29, 0.717) is 24.8 Å². The molecule has 0 heterocycles. The Morgan fingerprint density at radius 3 is 2.41 bits per heavy atom. The Morgan fingerprint density at radius 2 is 1.76 bits per heavy atom. The monoisotopic (exact) mass is 422 g/mol. The largest absolute Gasteiger partial charge is 0.435 e. The Hall–Kier alpha value is -2.74. The molecule has 0 N–H and O–H groups in total. The van der Waals surface area contributed by atoms with Gasteiger partial charge in [0.2, 0.25) is 0 Å². The molecule has 0 aliphatic heterocycles. The quantitative estimate of drug-likeness (QED) is 0.586. The Kier molecular flexibility index (Phi) is 6.32. The predicted molar refractivity (Wildman–Crippen MR) is 104 cm³/mol. The number of benzene rings is 2. The van der Waals surface area contributed by atoms with Gasteiger partial charge in [0.25, 0.3) is 0 Å². The zero-order valence-electron chi connectivity index (χ0n) is 15.7. The Morgan fingerprint density at radius 1 is 1.07 bits per heavy atom. The molecule has 5 nitrogen and oxygen atoms in total. The molecule has 29 heavy (non-hydrogen) atoms. The van der Waals surface area contributed by atoms with Gasteiger partial charge < -0.3 is 13.7 Å². The number of Topliss-reactive ketones (excluding diaryl/α,β-unsaturated/α-hetero) is 1. The van der Waals surface area contributed by atoms with Crippen molar-refractivity contribution in [1.29, 1.82) is 0 Å². The number of fused-ring (bicyclic) bond motifs is 1. The van der Waals surface area contributed by atoms with Crippen molar-refractivity contribution in [2.45, 2.75) is 39.2 Å². The van der Waals surface area contributed by atoms with Gasteiger partial charge in [-0.2, -0.15) is 17.2 Å². The minimum Gasteiger partial charge on any atom is -0.435 e. The molecular formula is C21H20F2O5S. The number of aryl methyl sites for hydroxylation is 2. The van der Waals surface area contributed by atoms with Gasteiger partial charge in [0.1, 0.15) is 17.3 Å². The molecule has 154 valence electrons. The third kappa shape index (κ3) is 5.63. The Bertz CT molecular complexity index is 1030. The van der Waals surface area contributed by atoms with Crippen molar-refractivity contribution in [2.75, 3.05) is 0 Å². The van der Waals surface area contributed by atoms with Crippen LogP contribution in [0.15, 0.2) is 47.4 Å². The van der Waals surface area contributed by atoms with Gasteiger partial charge in [-0.05, 0) is 73.2 Å². The number of carbonyl (C=O) groups is 1. The number of ether oxygens (including phenoxy) is 1. The first-order valence-corrected chi connectivity index (χ1v) is 10.4. The molecule has 1 aliphatic carbocycles. The summed E-state index contributed by atoms with van der Waals surface area (Å²) in [6.07, 6.45) is 3.07. The van der Waals surface area contributed by atoms with Crippen molar-refractivity contribution in [3.05, 3.63) is 64.1 Å². The van der Waals surface area contributed by atoms with Crippen LogP contribution in [0.1, 0.15) is 36.5 Å². The maximum Gasteiger partial charge on any atom is 0.387 e. The SMILES string of the molecule is CC(=O)CCc1ccc(OS(=O)(=O)C2=Cc3ccc(OC(F)F)cc3CC2)cc1. The minimum absolute atomic E-state index is 0.0413. The van der Waals surface area contributed by atoms with Crippen molar-refractivity contribution in [3.8, 4) is 11.5 Å². The topological polar surface area (TPSA) is 69.7 Å². The average Bonchev–Trinajstić information content (AvgIpc) is 2.66. The van der Waals surface area contributed by atoms with E-state index >= 15 is 0 Å². The van der Waals surface area contributed by atoms with E-state index < -0.39 is 16.7 Å². The number of allylic oxidation sites excluding steroid dienone is 1. The maximum absolute atomic E-state index is 12.6. The summed E-state index contributed by atoms with van der Waals surface area (Å²) >= 11 is 0. The number of halogens is 2. The summed E-state index contributed by atoms with van der Waals surface area (Å²) in [6, 6.07) is 11.0. The molecule has 0 spiro atoms. The smallest absolute Gasteiger partial charge is 0.387 e. The van der Waals surface area contributed by atoms with Crippen LogP contribution in [-0.2, 0) is 27.8 Å². The highest BCUT2D eigenvalue weighted by Crippen LogP contribution is 2.31. The van der Waals surface area contributed by atoms with Crippen molar-refractivity contribution < 1.29 is 30.9 Å². The summed E-state index contributed by atoms with van der Waals surface area (Å²) in [6.45, 7) is -1.39. The first-order chi connectivity index (χ1) is 13.7. The summed E-state index contributed by atoms with van der Waals surface area (Å²) in [7, 11) is -3.99. The molecule has 0 atom stereocenters. The Balaban J connectivity index is 1.73. The molecule has 0 bridgehead atoms. The van der Waals surface area contributed by atoms with Crippen molar-refractivity contribution in [3.63, 3.8) is 0 Å². The van der Waals surface area contributed by atoms with E-state index in [1.165, 1.54) is 25.1 Å². The molecular weight excluding hydrogens is 402 g/mol. The average molecular weight is 422 g/mol. The van der Waals surface area contributed by atoms with E-state index in [2.05, 4.69) is 4.74 Å². The highest BCUT2D eigenvalue weighted by molar-refractivity contribution is 7.91. The van der Waals surface area contributed by atoms with Crippen LogP contribution in [-0.4, -0.2) is 20.8 Å². The van der Waals surface area contributed by atoms with Crippen LogP contribution in [0.4, 0.5) is 8.78 Å². The maximum atomic E-state index is 12.6. The fourth-order valence-electron chi connectivity index (χ4n) is 3.03. The summed E-state index contributed by atoms with van der Waals surface area (Å²) < 4.78 is 59.5. The molecule has 2 aromatic rings. The Labute approximate surface area is 168 Å². The second kappa shape index (κ2) is 8.73. The molecule has 0 saturated carbocycles. The fraction of sp³-hybridized carbons (Fsp3) is 0.286. The first-order valence-electron chi connectivity index (χ1n) is 9.04. The fourth-order valence-corrected chi connectivity index (χ4v) is 4.12. The van der Waals surface area contributed by atoms with Gasteiger partial charge in [0.05, 0.1) is 4.91 Å². The van der Waals surface area contributed by atoms with Gasteiger partial charge in [-0.3, -0.25) is 0 Å². The molecule has 0 fully saturated rings. The van der Waals surface area contributed by atoms with Gasteiger partial charge >= 0.3 is 16.7 Å². The third-order valence-corrected chi connectivity index (χ3v) is 5.89. The highest BCUT2D eigenvalue weighted by atomic mass is 32.2. The number of ketones is 1. The number of hydrogen-bond donors (Lipinski definition) is 0. The highest BCUT2D eigenvalue weighted by Gasteiger charge is 2.24. The van der Waals surface area contributed by atoms with Crippen molar-refractivity contribution >= 4 is 22.0 Å². The van der Waals surface area contributed by atoms with Crippen LogP contribution in [0.3, 0.4) is 0 Å². The molecule has 2 aromatic carbocycles. The summed E-state index contributed by atoms with van der Waals surface area (Å²) in [5, 5.41) is 0. The van der Waals surface area contributed by atoms with Crippen molar-refractivity contribution in [1.82, 2.24) is 0 Å². The second-order valence-corrected chi connectivity index (χ2v) is 8.33. The number of hydrogen-bond acceptors (Lipinski definition) is 5. The van der Waals surface area contributed by atoms with Gasteiger partial charge in [-0.15, -0.1) is 0 Å². The molecule has 3 rings (SSSR count). The summed E-state index contributed by atoms with van der Waals surface area (Å²) in [4.78, 5) is 11.2. The lowest BCUT2D eigenvalue weighted by Gasteiger charge is -2.18. The normalized spacial score (nSPS) is 13.6. The standard InChI is InChI=1S/C21H20F2O5S/c1-14(24)2-3-15-4-8-18(9-5-15)28-29(25,26)20-11-7-16-12-19(27-21(22)23)10-6-17(16)13-20/h4-6,8-10,12-13,21H,2-3,7,11H2,1H3. The molecule has 8 heteroatoms. The second-order valence-electron chi connectivity index (χ2n) is 6.73. The summed E-state index contributed by atoms with van der Waals surface area (Å²) in [5.74, 6) is 0.314. The summed E-state index contributed by atoms with van der Waals surface area (Å²) in [5.41, 5.74) is 2.27. The molecule has 0 amide bonds. The predicted octanol–water partition coefficient (Wildman–Crippen LogP) is 4.51. The lowest BCUT2D eigenvalue weighted by molar-refractivity contribution is -0.116. The molecule has 1 aliphatic rings. The van der Waals surface area contributed by atoms with Crippen molar-refractivity contribution in [2.24, 2.45) is 0 Å². The van der Waals surface area contributed by atoms with E-state index in [1.54, 1.807) is 30.3 Å². The number of carbonyl (C=O) groups excluding carboxylic acids is 1. The van der Waals surface area contributed by atoms with Gasteiger partial charge in [0, 0.05) is 6.42 Å². The third-order valence-electron chi connectivity index (χ3n) is 4.51. The van der Waals surface area contributed by atoms with Crippen LogP contribution < -0.4 is 8.92 Å². The zero-order valence-corrected chi connectivity index (χ0v) is 16.5. The van der Waals surface area contributed by atoms with E-state index in [9.17, 15) is 22.0 Å². The molecule has 0 saturated heterocycles. The number of alkyl halides is 2. The van der Waals surface area contributed by atoms with E-state index in [0.717, 1.165) is 11.1 Å². The van der Waals surface area contributed by atoms with Crippen LogP contribution in [0.25, 0.3) is 6.08 Å². The van der Waals surface area contributed by atoms with Crippen LogP contribution in [0.2, 0.25) is 0 Å². The first kappa shape index (κ1) is 21.0. The van der Waals surface area contributed by atoms with Crippen LogP contribution in [0, 0.1) is 0 Å².